The Hall–Kier alpha value is -3.51. The number of halogens is 2. The van der Waals surface area contributed by atoms with E-state index >= 15 is 0 Å². The fraction of sp³-hybridized carbons (Fsp3) is 0.500. The van der Waals surface area contributed by atoms with E-state index in [1.807, 2.05) is 31.2 Å². The van der Waals surface area contributed by atoms with Crippen molar-refractivity contribution in [1.82, 2.24) is 30.1 Å². The van der Waals surface area contributed by atoms with Crippen molar-refractivity contribution in [3.8, 4) is 22.9 Å². The summed E-state index contributed by atoms with van der Waals surface area (Å²) < 4.78 is 11.3. The highest BCUT2D eigenvalue weighted by Gasteiger charge is 2.25. The van der Waals surface area contributed by atoms with Crippen LogP contribution in [0.25, 0.3) is 11.3 Å². The molecule has 1 N–H and O–H groups in total. The van der Waals surface area contributed by atoms with E-state index in [1.165, 1.54) is 0 Å². The van der Waals surface area contributed by atoms with E-state index in [0.717, 1.165) is 76.3 Å². The number of piperazine rings is 1. The molecule has 11 nitrogen and oxygen atoms in total. The van der Waals surface area contributed by atoms with E-state index < -0.39 is 0 Å². The Kier molecular flexibility index (Phi) is 12.3. The van der Waals surface area contributed by atoms with Crippen molar-refractivity contribution in [1.29, 1.82) is 0 Å². The predicted molar refractivity (Wildman–Crippen MR) is 183 cm³/mol. The van der Waals surface area contributed by atoms with E-state index in [-0.39, 0.29) is 17.9 Å². The van der Waals surface area contributed by atoms with Gasteiger partial charge in [-0.15, -0.1) is 0 Å². The number of aromatic nitrogens is 3. The predicted octanol–water partition coefficient (Wildman–Crippen LogP) is 5.45. The highest BCUT2D eigenvalue weighted by molar-refractivity contribution is 6.35. The van der Waals surface area contributed by atoms with Crippen LogP contribution in [0.1, 0.15) is 45.6 Å². The molecular formula is C34H43Cl2N7O4. The zero-order valence-corrected chi connectivity index (χ0v) is 28.8. The van der Waals surface area contributed by atoms with E-state index in [0.29, 0.717) is 52.3 Å². The molecule has 1 unspecified atom stereocenters. The lowest BCUT2D eigenvalue weighted by Crippen LogP contribution is -2.50. The number of benzene rings is 1. The molecule has 1 amide bonds. The summed E-state index contributed by atoms with van der Waals surface area (Å²) in [6.07, 6.45) is 5.77. The number of piperidine rings is 1. The lowest BCUT2D eigenvalue weighted by atomic mass is 9.96. The van der Waals surface area contributed by atoms with Crippen LogP contribution in [0.2, 0.25) is 10.0 Å². The molecule has 0 aliphatic carbocycles. The van der Waals surface area contributed by atoms with Gasteiger partial charge in [0.2, 0.25) is 17.7 Å². The fourth-order valence-electron chi connectivity index (χ4n) is 6.05. The van der Waals surface area contributed by atoms with Gasteiger partial charge in [-0.1, -0.05) is 23.2 Å². The third-order valence-electron chi connectivity index (χ3n) is 8.60. The Labute approximate surface area is 286 Å². The minimum absolute atomic E-state index is 0.0161. The second-order valence-electron chi connectivity index (χ2n) is 12.2. The molecule has 0 radical (unpaired) electrons. The molecule has 0 bridgehead atoms. The molecule has 2 aromatic heterocycles. The van der Waals surface area contributed by atoms with Crippen molar-refractivity contribution in [3.63, 3.8) is 0 Å². The van der Waals surface area contributed by atoms with Gasteiger partial charge in [0.05, 0.1) is 31.1 Å². The van der Waals surface area contributed by atoms with Crippen LogP contribution in [-0.2, 0) is 20.9 Å². The van der Waals surface area contributed by atoms with Gasteiger partial charge in [-0.05, 0) is 75.5 Å². The molecule has 2 saturated heterocycles. The average molecular weight is 685 g/mol. The summed E-state index contributed by atoms with van der Waals surface area (Å²) in [5, 5.41) is 4.01. The zero-order chi connectivity index (χ0) is 33.3. The second kappa shape index (κ2) is 16.5. The number of ether oxygens (including phenoxy) is 2. The number of hydrogen-bond acceptors (Lipinski definition) is 10. The first kappa shape index (κ1) is 34.8. The quantitative estimate of drug-likeness (QED) is 0.247. The topological polar surface area (TPSA) is 113 Å². The first-order valence-electron chi connectivity index (χ1n) is 16.2. The smallest absolute Gasteiger partial charge is 0.307 e. The minimum Gasteiger partial charge on any atom is -0.466 e. The maximum atomic E-state index is 11.9. The third kappa shape index (κ3) is 10.2. The van der Waals surface area contributed by atoms with Crippen LogP contribution in [0, 0.1) is 5.92 Å². The van der Waals surface area contributed by atoms with Gasteiger partial charge in [0.25, 0.3) is 0 Å². The number of rotatable bonds is 12. The van der Waals surface area contributed by atoms with E-state index in [1.54, 1.807) is 25.4 Å². The van der Waals surface area contributed by atoms with Gasteiger partial charge in [-0.3, -0.25) is 19.4 Å². The molecule has 0 saturated carbocycles. The van der Waals surface area contributed by atoms with Gasteiger partial charge in [0.1, 0.15) is 0 Å². The van der Waals surface area contributed by atoms with Crippen LogP contribution < -0.4 is 15.0 Å². The van der Waals surface area contributed by atoms with Gasteiger partial charge in [0, 0.05) is 73.9 Å². The lowest BCUT2D eigenvalue weighted by molar-refractivity contribution is -0.144. The second-order valence-corrected chi connectivity index (χ2v) is 13.1. The number of amides is 1. The summed E-state index contributed by atoms with van der Waals surface area (Å²) >= 11 is 12.7. The zero-order valence-electron chi connectivity index (χ0n) is 27.3. The molecule has 2 aliphatic rings. The number of nitrogens with one attached hydrogen (secondary N) is 1. The van der Waals surface area contributed by atoms with Gasteiger partial charge in [0.15, 0.2) is 5.75 Å². The van der Waals surface area contributed by atoms with E-state index in [2.05, 4.69) is 36.9 Å². The SMILES string of the molecule is CCOC(=O)CC(C)N1CCN(c2ncc(Oc3cc(CN4CCC(CNC(C)=O)CC4)cc(-c4cc(Cl)cc(Cl)c4)n3)cn2)CC1. The standard InChI is InChI=1S/C34H43Cl2N7O4/c1-4-46-33(45)13-23(2)42-9-11-43(12-10-42)34-38-20-30(21-39-34)47-32-15-26(14-31(40-32)27-16-28(35)18-29(36)17-27)22-41-7-5-25(6-8-41)19-37-24(3)44/h14-18,20-21,23,25H,4-13,19,22H2,1-3H3,(H,37,44). The van der Waals surface area contributed by atoms with Crippen molar-refractivity contribution >= 4 is 41.0 Å². The van der Waals surface area contributed by atoms with Crippen molar-refractivity contribution in [3.05, 3.63) is 58.3 Å². The lowest BCUT2D eigenvalue weighted by Gasteiger charge is -2.37. The number of pyridine rings is 1. The molecule has 47 heavy (non-hydrogen) atoms. The first-order valence-corrected chi connectivity index (χ1v) is 17.0. The van der Waals surface area contributed by atoms with Gasteiger partial charge in [-0.25, -0.2) is 15.0 Å². The molecule has 2 aliphatic heterocycles. The number of esters is 1. The molecule has 0 spiro atoms. The highest BCUT2D eigenvalue weighted by Crippen LogP contribution is 2.31. The van der Waals surface area contributed by atoms with E-state index in [9.17, 15) is 9.59 Å². The number of anilines is 1. The average Bonchev–Trinajstić information content (AvgIpc) is 3.04. The number of nitrogens with zero attached hydrogens (tertiary/aromatic N) is 6. The van der Waals surface area contributed by atoms with Crippen LogP contribution in [0.3, 0.4) is 0 Å². The minimum atomic E-state index is -0.162. The summed E-state index contributed by atoms with van der Waals surface area (Å²) in [5.74, 6) is 1.88. The van der Waals surface area contributed by atoms with Crippen molar-refractivity contribution in [2.45, 2.75) is 52.6 Å². The van der Waals surface area contributed by atoms with Gasteiger partial charge >= 0.3 is 5.97 Å². The van der Waals surface area contributed by atoms with Crippen LogP contribution in [0.5, 0.6) is 11.6 Å². The molecule has 4 heterocycles. The third-order valence-corrected chi connectivity index (χ3v) is 9.03. The van der Waals surface area contributed by atoms with Crippen LogP contribution in [0.4, 0.5) is 5.95 Å². The molecule has 5 rings (SSSR count). The Balaban J connectivity index is 1.24. The number of likely N-dealkylation sites (tertiary alicyclic amines) is 1. The monoisotopic (exact) mass is 683 g/mol. The summed E-state index contributed by atoms with van der Waals surface area (Å²) in [7, 11) is 0. The fourth-order valence-corrected chi connectivity index (χ4v) is 6.57. The summed E-state index contributed by atoms with van der Waals surface area (Å²) in [4.78, 5) is 44.1. The summed E-state index contributed by atoms with van der Waals surface area (Å²) in [6.45, 7) is 12.3. The number of hydrogen-bond donors (Lipinski definition) is 1. The summed E-state index contributed by atoms with van der Waals surface area (Å²) in [5.41, 5.74) is 2.55. The number of carbonyl (C=O) groups is 2. The van der Waals surface area contributed by atoms with Crippen molar-refractivity contribution < 1.29 is 19.1 Å². The van der Waals surface area contributed by atoms with Gasteiger partial charge in [-0.2, -0.15) is 0 Å². The maximum Gasteiger partial charge on any atom is 0.307 e. The Morgan fingerprint density at radius 2 is 1.66 bits per heavy atom. The van der Waals surface area contributed by atoms with Crippen LogP contribution in [0.15, 0.2) is 42.7 Å². The van der Waals surface area contributed by atoms with Crippen molar-refractivity contribution in [2.75, 3.05) is 57.3 Å². The van der Waals surface area contributed by atoms with Gasteiger partial charge < -0.3 is 19.7 Å². The van der Waals surface area contributed by atoms with Crippen LogP contribution in [-0.4, -0.2) is 95.1 Å². The Bertz CT molecular complexity index is 1490. The maximum absolute atomic E-state index is 11.9. The van der Waals surface area contributed by atoms with Crippen molar-refractivity contribution in [2.24, 2.45) is 5.92 Å². The molecule has 1 atom stereocenters. The first-order chi connectivity index (χ1) is 22.6. The largest absolute Gasteiger partial charge is 0.466 e. The molecule has 1 aromatic carbocycles. The molecule has 13 heteroatoms. The molecule has 3 aromatic rings. The van der Waals surface area contributed by atoms with E-state index in [4.69, 9.17) is 37.7 Å². The highest BCUT2D eigenvalue weighted by atomic mass is 35.5. The normalized spacial score (nSPS) is 16.9. The molecule has 252 valence electrons. The Morgan fingerprint density at radius 3 is 2.30 bits per heavy atom. The molecular weight excluding hydrogens is 641 g/mol. The summed E-state index contributed by atoms with van der Waals surface area (Å²) in [6, 6.07) is 9.49. The number of carbonyl (C=O) groups excluding carboxylic acids is 2. The van der Waals surface area contributed by atoms with Crippen LogP contribution >= 0.6 is 23.2 Å². The Morgan fingerprint density at radius 1 is 0.979 bits per heavy atom. The molecule has 2 fully saturated rings.